The Morgan fingerprint density at radius 2 is 2.29 bits per heavy atom. The number of nitrogens with one attached hydrogen (secondary N) is 1. The molecule has 7 heteroatoms. The molecular weight excluding hydrogens is 295 g/mol. The summed E-state index contributed by atoms with van der Waals surface area (Å²) in [6, 6.07) is 3.49. The average molecular weight is 309 g/mol. The fourth-order valence-corrected chi connectivity index (χ4v) is 2.60. The van der Waals surface area contributed by atoms with Crippen LogP contribution in [0.2, 0.25) is 5.02 Å². The van der Waals surface area contributed by atoms with Gasteiger partial charge in [0.1, 0.15) is 11.9 Å². The minimum absolute atomic E-state index is 0.179. The molecule has 1 atom stereocenters. The Morgan fingerprint density at radius 1 is 1.48 bits per heavy atom. The molecule has 0 saturated carbocycles. The van der Waals surface area contributed by atoms with E-state index in [1.165, 1.54) is 18.2 Å². The molecule has 1 N–H and O–H groups in total. The van der Waals surface area contributed by atoms with Gasteiger partial charge in [0, 0.05) is 25.5 Å². The minimum atomic E-state index is -0.437. The SMILES string of the molecule is CC(C(=O)Nc1ccc(F)cc1Cl)N1CCn2ccnc21. The maximum absolute atomic E-state index is 13.0. The normalized spacial score (nSPS) is 14.9. The molecule has 1 unspecified atom stereocenters. The van der Waals surface area contributed by atoms with Crippen LogP contribution >= 0.6 is 11.6 Å². The van der Waals surface area contributed by atoms with E-state index < -0.39 is 11.9 Å². The van der Waals surface area contributed by atoms with E-state index in [-0.39, 0.29) is 10.9 Å². The number of hydrogen-bond acceptors (Lipinski definition) is 3. The summed E-state index contributed by atoms with van der Waals surface area (Å²) in [4.78, 5) is 18.5. The average Bonchev–Trinajstić information content (AvgIpc) is 3.03. The largest absolute Gasteiger partial charge is 0.329 e. The standard InChI is InChI=1S/C14H14ClFN4O/c1-9(20-7-6-19-5-4-17-14(19)20)13(21)18-12-3-2-10(16)8-11(12)15/h2-5,8-9H,6-7H2,1H3,(H,18,21). The molecule has 0 saturated heterocycles. The summed E-state index contributed by atoms with van der Waals surface area (Å²) >= 11 is 5.92. The monoisotopic (exact) mass is 308 g/mol. The van der Waals surface area contributed by atoms with E-state index in [0.717, 1.165) is 19.0 Å². The molecule has 1 aromatic carbocycles. The predicted octanol–water partition coefficient (Wildman–Crippen LogP) is 2.52. The molecule has 110 valence electrons. The van der Waals surface area contributed by atoms with Crippen LogP contribution in [0, 0.1) is 5.82 Å². The lowest BCUT2D eigenvalue weighted by Gasteiger charge is -2.23. The number of rotatable bonds is 3. The first-order chi connectivity index (χ1) is 10.1. The Hall–Kier alpha value is -2.08. The number of carbonyl (C=O) groups excluding carboxylic acids is 1. The molecule has 0 fully saturated rings. The molecule has 5 nitrogen and oxygen atoms in total. The van der Waals surface area contributed by atoms with Gasteiger partial charge in [-0.05, 0) is 25.1 Å². The zero-order chi connectivity index (χ0) is 15.0. The van der Waals surface area contributed by atoms with Crippen molar-refractivity contribution in [2.75, 3.05) is 16.8 Å². The molecule has 21 heavy (non-hydrogen) atoms. The number of imidazole rings is 1. The summed E-state index contributed by atoms with van der Waals surface area (Å²) in [5.41, 5.74) is 0.400. The van der Waals surface area contributed by atoms with Crippen molar-refractivity contribution in [3.05, 3.63) is 41.4 Å². The van der Waals surface area contributed by atoms with Crippen molar-refractivity contribution >= 4 is 29.1 Å². The number of anilines is 2. The zero-order valence-corrected chi connectivity index (χ0v) is 12.1. The summed E-state index contributed by atoms with van der Waals surface area (Å²) in [5.74, 6) is 0.135. The van der Waals surface area contributed by atoms with Crippen LogP contribution in [0.4, 0.5) is 16.0 Å². The Balaban J connectivity index is 1.74. The van der Waals surface area contributed by atoms with Crippen molar-refractivity contribution in [2.24, 2.45) is 0 Å². The summed E-state index contributed by atoms with van der Waals surface area (Å²) in [7, 11) is 0. The van der Waals surface area contributed by atoms with Crippen LogP contribution in [0.15, 0.2) is 30.6 Å². The maximum Gasteiger partial charge on any atom is 0.246 e. The molecule has 0 aliphatic carbocycles. The number of fused-ring (bicyclic) bond motifs is 1. The number of nitrogens with zero attached hydrogens (tertiary/aromatic N) is 3. The number of benzene rings is 1. The number of amides is 1. The molecule has 1 amide bonds. The Kier molecular flexibility index (Phi) is 3.55. The van der Waals surface area contributed by atoms with Gasteiger partial charge in [0.05, 0.1) is 10.7 Å². The Morgan fingerprint density at radius 3 is 3.05 bits per heavy atom. The predicted molar refractivity (Wildman–Crippen MR) is 79.1 cm³/mol. The topological polar surface area (TPSA) is 50.2 Å². The Labute approximate surface area is 126 Å². The first kappa shape index (κ1) is 13.9. The van der Waals surface area contributed by atoms with Crippen LogP contribution in [0.1, 0.15) is 6.92 Å². The van der Waals surface area contributed by atoms with E-state index in [1.54, 1.807) is 13.1 Å². The van der Waals surface area contributed by atoms with Crippen LogP contribution in [-0.2, 0) is 11.3 Å². The summed E-state index contributed by atoms with van der Waals surface area (Å²) < 4.78 is 15.0. The second-order valence-corrected chi connectivity index (χ2v) is 5.31. The molecule has 1 aliphatic rings. The first-order valence-corrected chi connectivity index (χ1v) is 6.98. The lowest BCUT2D eigenvalue weighted by atomic mass is 10.2. The van der Waals surface area contributed by atoms with E-state index in [9.17, 15) is 9.18 Å². The van der Waals surface area contributed by atoms with E-state index >= 15 is 0 Å². The number of aromatic nitrogens is 2. The fourth-order valence-electron chi connectivity index (χ4n) is 2.39. The number of carbonyl (C=O) groups is 1. The maximum atomic E-state index is 13.0. The molecular formula is C14H14ClFN4O. The van der Waals surface area contributed by atoms with Gasteiger partial charge >= 0.3 is 0 Å². The second kappa shape index (κ2) is 5.37. The molecule has 2 heterocycles. The molecule has 0 radical (unpaired) electrons. The van der Waals surface area contributed by atoms with Crippen LogP contribution in [0.3, 0.4) is 0 Å². The van der Waals surface area contributed by atoms with Crippen LogP contribution in [-0.4, -0.2) is 28.0 Å². The molecule has 0 spiro atoms. The van der Waals surface area contributed by atoms with E-state index in [2.05, 4.69) is 10.3 Å². The molecule has 0 bridgehead atoms. The lowest BCUT2D eigenvalue weighted by molar-refractivity contribution is -0.117. The van der Waals surface area contributed by atoms with Gasteiger partial charge in [-0.1, -0.05) is 11.6 Å². The van der Waals surface area contributed by atoms with Gasteiger partial charge in [0.2, 0.25) is 11.9 Å². The summed E-state index contributed by atoms with van der Waals surface area (Å²) in [5, 5.41) is 2.90. The van der Waals surface area contributed by atoms with Crippen molar-refractivity contribution in [1.82, 2.24) is 9.55 Å². The molecule has 1 aliphatic heterocycles. The quantitative estimate of drug-likeness (QED) is 0.948. The third-order valence-electron chi connectivity index (χ3n) is 3.57. The number of hydrogen-bond donors (Lipinski definition) is 1. The van der Waals surface area contributed by atoms with E-state index in [0.29, 0.717) is 5.69 Å². The third kappa shape index (κ3) is 2.58. The second-order valence-electron chi connectivity index (χ2n) is 4.90. The van der Waals surface area contributed by atoms with E-state index in [4.69, 9.17) is 11.6 Å². The third-order valence-corrected chi connectivity index (χ3v) is 3.88. The van der Waals surface area contributed by atoms with Gasteiger partial charge in [-0.25, -0.2) is 9.37 Å². The highest BCUT2D eigenvalue weighted by molar-refractivity contribution is 6.33. The first-order valence-electron chi connectivity index (χ1n) is 6.60. The smallest absolute Gasteiger partial charge is 0.246 e. The van der Waals surface area contributed by atoms with Crippen molar-refractivity contribution in [3.63, 3.8) is 0 Å². The summed E-state index contributed by atoms with van der Waals surface area (Å²) in [6.07, 6.45) is 3.60. The van der Waals surface area contributed by atoms with Gasteiger partial charge in [-0.15, -0.1) is 0 Å². The highest BCUT2D eigenvalue weighted by atomic mass is 35.5. The van der Waals surface area contributed by atoms with Crippen molar-refractivity contribution < 1.29 is 9.18 Å². The summed E-state index contributed by atoms with van der Waals surface area (Å²) in [6.45, 7) is 3.34. The highest BCUT2D eigenvalue weighted by Gasteiger charge is 2.29. The van der Waals surface area contributed by atoms with Gasteiger partial charge in [-0.3, -0.25) is 4.79 Å². The van der Waals surface area contributed by atoms with Crippen LogP contribution < -0.4 is 10.2 Å². The van der Waals surface area contributed by atoms with E-state index in [1.807, 2.05) is 15.7 Å². The molecule has 2 aromatic rings. The molecule has 3 rings (SSSR count). The van der Waals surface area contributed by atoms with Crippen molar-refractivity contribution in [3.8, 4) is 0 Å². The highest BCUT2D eigenvalue weighted by Crippen LogP contribution is 2.25. The molecule has 1 aromatic heterocycles. The van der Waals surface area contributed by atoms with Gasteiger partial charge in [0.15, 0.2) is 0 Å². The van der Waals surface area contributed by atoms with Crippen LogP contribution in [0.25, 0.3) is 0 Å². The van der Waals surface area contributed by atoms with Crippen molar-refractivity contribution in [2.45, 2.75) is 19.5 Å². The van der Waals surface area contributed by atoms with Gasteiger partial charge < -0.3 is 14.8 Å². The Bertz CT molecular complexity index is 687. The number of halogens is 2. The van der Waals surface area contributed by atoms with Gasteiger partial charge in [-0.2, -0.15) is 0 Å². The van der Waals surface area contributed by atoms with Crippen LogP contribution in [0.5, 0.6) is 0 Å². The fraction of sp³-hybridized carbons (Fsp3) is 0.286. The lowest BCUT2D eigenvalue weighted by Crippen LogP contribution is -2.41. The van der Waals surface area contributed by atoms with Crippen molar-refractivity contribution in [1.29, 1.82) is 0 Å². The zero-order valence-electron chi connectivity index (χ0n) is 11.4. The minimum Gasteiger partial charge on any atom is -0.329 e. The van der Waals surface area contributed by atoms with Gasteiger partial charge in [0.25, 0.3) is 0 Å².